The first-order chi connectivity index (χ1) is 15.2. The zero-order valence-electron chi connectivity index (χ0n) is 17.6. The van der Waals surface area contributed by atoms with Gasteiger partial charge in [-0.25, -0.2) is 18.7 Å². The molecule has 4 aromatic rings. The van der Waals surface area contributed by atoms with Crippen molar-refractivity contribution in [3.63, 3.8) is 0 Å². The minimum atomic E-state index is -0.827. The number of benzene rings is 2. The van der Waals surface area contributed by atoms with Gasteiger partial charge in [0.15, 0.2) is 5.82 Å². The first kappa shape index (κ1) is 21.3. The Morgan fingerprint density at radius 2 is 1.88 bits per heavy atom. The van der Waals surface area contributed by atoms with Gasteiger partial charge in [0.05, 0.1) is 10.9 Å². The topological polar surface area (TPSA) is 93.8 Å². The number of halogens is 2. The number of carbonyl (C=O) groups excluding carboxylic acids is 1. The number of hydrogen-bond acceptors (Lipinski definition) is 5. The standard InChI is InChI=1S/C24H21F2N5O/c1-24(2,23(27)32)13-29-22-18-10-14(17-7-6-16(25)11-19(17)26)5-8-20(18)30-21(31-22)15-4-3-9-28-12-15/h3-12H,13H2,1-2H3,(H2,27,32)(H,29,30,31). The zero-order valence-corrected chi connectivity index (χ0v) is 17.6. The minimum Gasteiger partial charge on any atom is -0.369 e. The lowest BCUT2D eigenvalue weighted by molar-refractivity contribution is -0.125. The number of fused-ring (bicyclic) bond motifs is 1. The lowest BCUT2D eigenvalue weighted by Crippen LogP contribution is -2.37. The van der Waals surface area contributed by atoms with E-state index in [0.717, 1.165) is 11.6 Å². The van der Waals surface area contributed by atoms with Crippen molar-refractivity contribution < 1.29 is 13.6 Å². The number of nitrogens with two attached hydrogens (primary N) is 1. The first-order valence-electron chi connectivity index (χ1n) is 9.96. The number of nitrogens with zero attached hydrogens (tertiary/aromatic N) is 3. The molecule has 2 heterocycles. The highest BCUT2D eigenvalue weighted by Crippen LogP contribution is 2.31. The van der Waals surface area contributed by atoms with E-state index in [1.54, 1.807) is 50.5 Å². The molecule has 0 aliphatic heterocycles. The largest absolute Gasteiger partial charge is 0.369 e. The summed E-state index contributed by atoms with van der Waals surface area (Å²) in [6.07, 6.45) is 3.31. The predicted octanol–water partition coefficient (Wildman–Crippen LogP) is 4.56. The van der Waals surface area contributed by atoms with Crippen molar-refractivity contribution in [1.29, 1.82) is 0 Å². The first-order valence-corrected chi connectivity index (χ1v) is 9.96. The Bertz CT molecular complexity index is 1310. The fourth-order valence-electron chi connectivity index (χ4n) is 3.17. The number of pyridine rings is 1. The number of amides is 1. The van der Waals surface area contributed by atoms with Crippen molar-refractivity contribution in [2.45, 2.75) is 13.8 Å². The average molecular weight is 433 g/mol. The third kappa shape index (κ3) is 4.25. The summed E-state index contributed by atoms with van der Waals surface area (Å²) in [5.41, 5.74) is 6.82. The lowest BCUT2D eigenvalue weighted by Gasteiger charge is -2.22. The van der Waals surface area contributed by atoms with Crippen LogP contribution in [0.5, 0.6) is 0 Å². The van der Waals surface area contributed by atoms with E-state index in [0.29, 0.717) is 28.1 Å². The second kappa shape index (κ2) is 8.30. The van der Waals surface area contributed by atoms with Crippen LogP contribution in [-0.2, 0) is 4.79 Å². The van der Waals surface area contributed by atoms with Gasteiger partial charge in [0.1, 0.15) is 17.5 Å². The molecular weight excluding hydrogens is 412 g/mol. The number of aromatic nitrogens is 3. The SMILES string of the molecule is CC(C)(CNc1nc(-c2cccnc2)nc2ccc(-c3ccc(F)cc3F)cc12)C(N)=O. The average Bonchev–Trinajstić information content (AvgIpc) is 2.77. The second-order valence-electron chi connectivity index (χ2n) is 8.10. The highest BCUT2D eigenvalue weighted by Gasteiger charge is 2.25. The number of primary amides is 1. The molecule has 2 aromatic carbocycles. The van der Waals surface area contributed by atoms with E-state index in [1.165, 1.54) is 12.1 Å². The van der Waals surface area contributed by atoms with Crippen molar-refractivity contribution in [3.05, 3.63) is 72.6 Å². The van der Waals surface area contributed by atoms with Gasteiger partial charge in [-0.1, -0.05) is 6.07 Å². The van der Waals surface area contributed by atoms with E-state index in [4.69, 9.17) is 5.73 Å². The van der Waals surface area contributed by atoms with E-state index >= 15 is 0 Å². The van der Waals surface area contributed by atoms with E-state index < -0.39 is 23.0 Å². The van der Waals surface area contributed by atoms with Crippen LogP contribution in [0, 0.1) is 17.0 Å². The van der Waals surface area contributed by atoms with Gasteiger partial charge < -0.3 is 11.1 Å². The molecule has 0 atom stereocenters. The van der Waals surface area contributed by atoms with Crippen LogP contribution in [0.2, 0.25) is 0 Å². The molecule has 0 aliphatic carbocycles. The molecule has 8 heteroatoms. The Morgan fingerprint density at radius 1 is 1.06 bits per heavy atom. The summed E-state index contributed by atoms with van der Waals surface area (Å²) in [4.78, 5) is 25.1. The van der Waals surface area contributed by atoms with Crippen LogP contribution in [0.4, 0.5) is 14.6 Å². The van der Waals surface area contributed by atoms with Crippen LogP contribution < -0.4 is 11.1 Å². The zero-order chi connectivity index (χ0) is 22.9. The molecule has 0 bridgehead atoms. The maximum atomic E-state index is 14.4. The molecule has 0 radical (unpaired) electrons. The Labute approximate surface area is 183 Å². The predicted molar refractivity (Wildman–Crippen MR) is 120 cm³/mol. The van der Waals surface area contributed by atoms with Crippen LogP contribution in [0.1, 0.15) is 13.8 Å². The summed E-state index contributed by atoms with van der Waals surface area (Å²) in [5, 5.41) is 3.82. The van der Waals surface area contributed by atoms with Crippen molar-refractivity contribution in [1.82, 2.24) is 15.0 Å². The molecule has 1 amide bonds. The summed E-state index contributed by atoms with van der Waals surface area (Å²) in [5.74, 6) is -0.850. The van der Waals surface area contributed by atoms with Crippen LogP contribution in [0.3, 0.4) is 0 Å². The van der Waals surface area contributed by atoms with Gasteiger partial charge in [0.25, 0.3) is 0 Å². The number of carbonyl (C=O) groups is 1. The van der Waals surface area contributed by atoms with Gasteiger partial charge in [0, 0.05) is 41.5 Å². The maximum absolute atomic E-state index is 14.4. The third-order valence-corrected chi connectivity index (χ3v) is 5.22. The van der Waals surface area contributed by atoms with Crippen LogP contribution >= 0.6 is 0 Å². The molecule has 32 heavy (non-hydrogen) atoms. The highest BCUT2D eigenvalue weighted by atomic mass is 19.1. The molecule has 2 aromatic heterocycles. The van der Waals surface area contributed by atoms with E-state index in [1.807, 2.05) is 6.07 Å². The number of rotatable bonds is 6. The van der Waals surface area contributed by atoms with Gasteiger partial charge in [-0.15, -0.1) is 0 Å². The summed E-state index contributed by atoms with van der Waals surface area (Å²) >= 11 is 0. The second-order valence-corrected chi connectivity index (χ2v) is 8.10. The van der Waals surface area contributed by atoms with Gasteiger partial charge in [-0.3, -0.25) is 9.78 Å². The molecule has 0 spiro atoms. The molecule has 0 fully saturated rings. The quantitative estimate of drug-likeness (QED) is 0.465. The van der Waals surface area contributed by atoms with Gasteiger partial charge >= 0.3 is 0 Å². The molecular formula is C24H21F2N5O. The summed E-state index contributed by atoms with van der Waals surface area (Å²) in [7, 11) is 0. The van der Waals surface area contributed by atoms with Crippen molar-refractivity contribution in [2.24, 2.45) is 11.1 Å². The third-order valence-electron chi connectivity index (χ3n) is 5.22. The summed E-state index contributed by atoms with van der Waals surface area (Å²) in [6.45, 7) is 3.69. The van der Waals surface area contributed by atoms with Crippen molar-refractivity contribution in [3.8, 4) is 22.5 Å². The van der Waals surface area contributed by atoms with E-state index in [9.17, 15) is 13.6 Å². The minimum absolute atomic E-state index is 0.232. The van der Waals surface area contributed by atoms with Gasteiger partial charge in [-0.2, -0.15) is 0 Å². The summed E-state index contributed by atoms with van der Waals surface area (Å²) < 4.78 is 27.7. The normalized spacial score (nSPS) is 11.5. The van der Waals surface area contributed by atoms with Crippen LogP contribution in [-0.4, -0.2) is 27.4 Å². The van der Waals surface area contributed by atoms with Crippen molar-refractivity contribution >= 4 is 22.6 Å². The number of hydrogen-bond donors (Lipinski definition) is 2. The highest BCUT2D eigenvalue weighted by molar-refractivity contribution is 5.94. The Balaban J connectivity index is 1.85. The van der Waals surface area contributed by atoms with E-state index in [-0.39, 0.29) is 12.1 Å². The van der Waals surface area contributed by atoms with Crippen molar-refractivity contribution in [2.75, 3.05) is 11.9 Å². The fraction of sp³-hybridized carbons (Fsp3) is 0.167. The molecule has 162 valence electrons. The monoisotopic (exact) mass is 433 g/mol. The van der Waals surface area contributed by atoms with Crippen LogP contribution in [0.25, 0.3) is 33.4 Å². The number of anilines is 1. The maximum Gasteiger partial charge on any atom is 0.224 e. The lowest BCUT2D eigenvalue weighted by atomic mass is 9.93. The van der Waals surface area contributed by atoms with Gasteiger partial charge in [0.2, 0.25) is 5.91 Å². The van der Waals surface area contributed by atoms with E-state index in [2.05, 4.69) is 20.3 Å². The Kier molecular flexibility index (Phi) is 5.52. The van der Waals surface area contributed by atoms with Crippen LogP contribution in [0.15, 0.2) is 60.9 Å². The molecule has 3 N–H and O–H groups in total. The molecule has 0 aliphatic rings. The Hall–Kier alpha value is -3.94. The molecule has 0 saturated heterocycles. The molecule has 0 saturated carbocycles. The Morgan fingerprint density at radius 3 is 2.56 bits per heavy atom. The molecule has 4 rings (SSSR count). The number of nitrogens with one attached hydrogen (secondary N) is 1. The smallest absolute Gasteiger partial charge is 0.224 e. The fourth-order valence-corrected chi connectivity index (χ4v) is 3.17. The van der Waals surface area contributed by atoms with Gasteiger partial charge in [-0.05, 0) is 55.8 Å². The molecule has 0 unspecified atom stereocenters. The molecule has 6 nitrogen and oxygen atoms in total. The summed E-state index contributed by atoms with van der Waals surface area (Å²) in [6, 6.07) is 12.3.